The van der Waals surface area contributed by atoms with Gasteiger partial charge in [-0.2, -0.15) is 0 Å². The Balaban J connectivity index is 1.76. The highest BCUT2D eigenvalue weighted by Gasteiger charge is 2.18. The van der Waals surface area contributed by atoms with E-state index in [2.05, 4.69) is 5.32 Å². The first-order valence-corrected chi connectivity index (χ1v) is 9.88. The van der Waals surface area contributed by atoms with Crippen LogP contribution in [0.2, 0.25) is 0 Å². The van der Waals surface area contributed by atoms with Gasteiger partial charge in [-0.3, -0.25) is 14.4 Å². The van der Waals surface area contributed by atoms with Crippen molar-refractivity contribution in [1.82, 2.24) is 4.90 Å². The highest BCUT2D eigenvalue weighted by molar-refractivity contribution is 5.96. The standard InChI is InChI=1S/C21H30N2O4/c1-3-23(4-2)21(26)17-10-12-18(13-11-17)22-19(24)15-27-20(25)14-16-8-6-5-7-9-16/h10-13,16H,3-9,14-15H2,1-2H3,(H,22,24). The Morgan fingerprint density at radius 1 is 1.04 bits per heavy atom. The molecule has 148 valence electrons. The number of esters is 1. The Morgan fingerprint density at radius 2 is 1.67 bits per heavy atom. The summed E-state index contributed by atoms with van der Waals surface area (Å²) in [5.41, 5.74) is 1.15. The zero-order valence-electron chi connectivity index (χ0n) is 16.3. The molecule has 1 aromatic rings. The van der Waals surface area contributed by atoms with Crippen molar-refractivity contribution in [2.75, 3.05) is 25.0 Å². The van der Waals surface area contributed by atoms with Crippen molar-refractivity contribution in [3.05, 3.63) is 29.8 Å². The van der Waals surface area contributed by atoms with E-state index in [4.69, 9.17) is 4.74 Å². The zero-order valence-corrected chi connectivity index (χ0v) is 16.3. The van der Waals surface area contributed by atoms with Crippen LogP contribution in [-0.4, -0.2) is 42.4 Å². The lowest BCUT2D eigenvalue weighted by Crippen LogP contribution is -2.30. The molecule has 6 nitrogen and oxygen atoms in total. The number of carbonyl (C=O) groups excluding carboxylic acids is 3. The van der Waals surface area contributed by atoms with Crippen LogP contribution in [0, 0.1) is 5.92 Å². The number of hydrogen-bond donors (Lipinski definition) is 1. The van der Waals surface area contributed by atoms with E-state index in [9.17, 15) is 14.4 Å². The molecule has 0 aliphatic heterocycles. The van der Waals surface area contributed by atoms with Gasteiger partial charge in [0.2, 0.25) is 0 Å². The second-order valence-electron chi connectivity index (χ2n) is 6.97. The predicted octanol–water partition coefficient (Wildman–Crippen LogP) is 3.62. The molecule has 6 heteroatoms. The van der Waals surface area contributed by atoms with E-state index in [1.165, 1.54) is 19.3 Å². The summed E-state index contributed by atoms with van der Waals surface area (Å²) in [7, 11) is 0. The molecule has 0 radical (unpaired) electrons. The number of nitrogens with one attached hydrogen (secondary N) is 1. The lowest BCUT2D eigenvalue weighted by atomic mass is 9.87. The lowest BCUT2D eigenvalue weighted by Gasteiger charge is -2.20. The van der Waals surface area contributed by atoms with E-state index in [1.807, 2.05) is 13.8 Å². The molecule has 0 saturated heterocycles. The first-order chi connectivity index (χ1) is 13.0. The number of rotatable bonds is 8. The van der Waals surface area contributed by atoms with Crippen LogP contribution in [0.1, 0.15) is 62.7 Å². The Labute approximate surface area is 161 Å². The molecule has 0 aromatic heterocycles. The minimum atomic E-state index is -0.380. The second-order valence-corrected chi connectivity index (χ2v) is 6.97. The van der Waals surface area contributed by atoms with Gasteiger partial charge in [-0.05, 0) is 56.9 Å². The van der Waals surface area contributed by atoms with E-state index in [0.29, 0.717) is 36.7 Å². The largest absolute Gasteiger partial charge is 0.456 e. The molecular weight excluding hydrogens is 344 g/mol. The van der Waals surface area contributed by atoms with Gasteiger partial charge in [-0.25, -0.2) is 0 Å². The zero-order chi connectivity index (χ0) is 19.6. The minimum Gasteiger partial charge on any atom is -0.456 e. The highest BCUT2D eigenvalue weighted by atomic mass is 16.5. The van der Waals surface area contributed by atoms with E-state index >= 15 is 0 Å². The number of ether oxygens (including phenoxy) is 1. The molecule has 0 spiro atoms. The third kappa shape index (κ3) is 6.70. The summed E-state index contributed by atoms with van der Waals surface area (Å²) in [5.74, 6) is -0.327. The fourth-order valence-electron chi connectivity index (χ4n) is 3.42. The molecule has 0 bridgehead atoms. The van der Waals surface area contributed by atoms with Crippen LogP contribution in [0.3, 0.4) is 0 Å². The highest BCUT2D eigenvalue weighted by Crippen LogP contribution is 2.26. The van der Waals surface area contributed by atoms with Crippen LogP contribution >= 0.6 is 0 Å². The van der Waals surface area contributed by atoms with Crippen LogP contribution < -0.4 is 5.32 Å². The Morgan fingerprint density at radius 3 is 2.26 bits per heavy atom. The van der Waals surface area contributed by atoms with Gasteiger partial charge in [-0.1, -0.05) is 19.3 Å². The maximum absolute atomic E-state index is 12.3. The van der Waals surface area contributed by atoms with Crippen LogP contribution in [0.15, 0.2) is 24.3 Å². The number of hydrogen-bond acceptors (Lipinski definition) is 4. The van der Waals surface area contributed by atoms with E-state index < -0.39 is 0 Å². The van der Waals surface area contributed by atoms with Gasteiger partial charge >= 0.3 is 5.97 Å². The summed E-state index contributed by atoms with van der Waals surface area (Å²) in [4.78, 5) is 37.8. The molecular formula is C21H30N2O4. The molecule has 1 N–H and O–H groups in total. The van der Waals surface area contributed by atoms with Crippen molar-refractivity contribution in [2.45, 2.75) is 52.4 Å². The molecule has 2 rings (SSSR count). The Hall–Kier alpha value is -2.37. The lowest BCUT2D eigenvalue weighted by molar-refractivity contribution is -0.148. The van der Waals surface area contributed by atoms with E-state index in [-0.39, 0.29) is 24.4 Å². The summed E-state index contributed by atoms with van der Waals surface area (Å²) >= 11 is 0. The monoisotopic (exact) mass is 374 g/mol. The van der Waals surface area contributed by atoms with Gasteiger partial charge < -0.3 is 15.0 Å². The second kappa shape index (κ2) is 10.7. The summed E-state index contributed by atoms with van der Waals surface area (Å²) in [5, 5.41) is 2.68. The molecule has 0 atom stereocenters. The van der Waals surface area contributed by atoms with Crippen molar-refractivity contribution in [1.29, 1.82) is 0 Å². The van der Waals surface area contributed by atoms with Crippen LogP contribution in [0.4, 0.5) is 5.69 Å². The third-order valence-corrected chi connectivity index (χ3v) is 5.01. The molecule has 0 unspecified atom stereocenters. The summed E-state index contributed by atoms with van der Waals surface area (Å²) in [6.07, 6.45) is 6.12. The quantitative estimate of drug-likeness (QED) is 0.705. The number of benzene rings is 1. The van der Waals surface area contributed by atoms with Crippen molar-refractivity contribution in [3.63, 3.8) is 0 Å². The smallest absolute Gasteiger partial charge is 0.306 e. The Kier molecular flexibility index (Phi) is 8.30. The normalized spacial score (nSPS) is 14.4. The first-order valence-electron chi connectivity index (χ1n) is 9.88. The van der Waals surface area contributed by atoms with Crippen molar-refractivity contribution in [3.8, 4) is 0 Å². The van der Waals surface area contributed by atoms with Crippen molar-refractivity contribution < 1.29 is 19.1 Å². The van der Waals surface area contributed by atoms with Crippen molar-refractivity contribution >= 4 is 23.5 Å². The first kappa shape index (κ1) is 20.9. The third-order valence-electron chi connectivity index (χ3n) is 5.01. The average molecular weight is 374 g/mol. The number of nitrogens with zero attached hydrogens (tertiary/aromatic N) is 1. The number of carbonyl (C=O) groups is 3. The van der Waals surface area contributed by atoms with Crippen LogP contribution in [0.25, 0.3) is 0 Å². The fraction of sp³-hybridized carbons (Fsp3) is 0.571. The topological polar surface area (TPSA) is 75.7 Å². The molecule has 1 aromatic carbocycles. The SMILES string of the molecule is CCN(CC)C(=O)c1ccc(NC(=O)COC(=O)CC2CCCCC2)cc1. The molecule has 2 amide bonds. The molecule has 27 heavy (non-hydrogen) atoms. The van der Waals surface area contributed by atoms with Gasteiger partial charge in [0.25, 0.3) is 11.8 Å². The predicted molar refractivity (Wildman–Crippen MR) is 104 cm³/mol. The summed E-state index contributed by atoms with van der Waals surface area (Å²) < 4.78 is 5.09. The average Bonchev–Trinajstić information content (AvgIpc) is 2.68. The van der Waals surface area contributed by atoms with Gasteiger partial charge in [0, 0.05) is 30.8 Å². The van der Waals surface area contributed by atoms with Crippen LogP contribution in [-0.2, 0) is 14.3 Å². The molecule has 1 saturated carbocycles. The van der Waals surface area contributed by atoms with Gasteiger partial charge in [0.05, 0.1) is 0 Å². The molecule has 1 aliphatic carbocycles. The summed E-state index contributed by atoms with van der Waals surface area (Å²) in [6, 6.07) is 6.73. The van der Waals surface area contributed by atoms with Gasteiger partial charge in [0.15, 0.2) is 6.61 Å². The van der Waals surface area contributed by atoms with E-state index in [1.54, 1.807) is 29.2 Å². The van der Waals surface area contributed by atoms with Gasteiger partial charge in [-0.15, -0.1) is 0 Å². The van der Waals surface area contributed by atoms with E-state index in [0.717, 1.165) is 12.8 Å². The maximum Gasteiger partial charge on any atom is 0.306 e. The van der Waals surface area contributed by atoms with Crippen molar-refractivity contribution in [2.24, 2.45) is 5.92 Å². The van der Waals surface area contributed by atoms with Gasteiger partial charge in [0.1, 0.15) is 0 Å². The molecule has 1 aliphatic rings. The molecule has 0 heterocycles. The maximum atomic E-state index is 12.3. The number of amides is 2. The van der Waals surface area contributed by atoms with Crippen LogP contribution in [0.5, 0.6) is 0 Å². The minimum absolute atomic E-state index is 0.0329. The molecule has 1 fully saturated rings. The summed E-state index contributed by atoms with van der Waals surface area (Å²) in [6.45, 7) is 4.89. The Bertz CT molecular complexity index is 632. The fourth-order valence-corrected chi connectivity index (χ4v) is 3.42. The number of anilines is 1.